The molecular formula is C10H16N2O. The first-order valence-corrected chi connectivity index (χ1v) is 4.30. The molecule has 0 amide bonds. The fourth-order valence-corrected chi connectivity index (χ4v) is 1.35. The summed E-state index contributed by atoms with van der Waals surface area (Å²) >= 11 is 0. The lowest BCUT2D eigenvalue weighted by Crippen LogP contribution is -2.15. The van der Waals surface area contributed by atoms with Crippen molar-refractivity contribution in [3.8, 4) is 5.75 Å². The van der Waals surface area contributed by atoms with Crippen LogP contribution in [0.1, 0.15) is 18.5 Å². The van der Waals surface area contributed by atoms with Crippen LogP contribution in [0.4, 0.5) is 5.69 Å². The molecule has 13 heavy (non-hydrogen) atoms. The molecule has 72 valence electrons. The van der Waals surface area contributed by atoms with E-state index in [9.17, 15) is 0 Å². The van der Waals surface area contributed by atoms with Crippen LogP contribution >= 0.6 is 0 Å². The Kier molecular flexibility index (Phi) is 3.14. The summed E-state index contributed by atoms with van der Waals surface area (Å²) in [6, 6.07) is 5.89. The van der Waals surface area contributed by atoms with Gasteiger partial charge in [-0.1, -0.05) is 6.07 Å². The van der Waals surface area contributed by atoms with Gasteiger partial charge >= 0.3 is 0 Å². The number of methoxy groups -OCH3 is 1. The average molecular weight is 180 g/mol. The number of benzene rings is 1. The maximum absolute atomic E-state index is 5.85. The van der Waals surface area contributed by atoms with Gasteiger partial charge in [0.1, 0.15) is 5.75 Å². The summed E-state index contributed by atoms with van der Waals surface area (Å²) in [5, 5.41) is 3.14. The van der Waals surface area contributed by atoms with Gasteiger partial charge in [-0.05, 0) is 26.1 Å². The van der Waals surface area contributed by atoms with E-state index in [0.717, 1.165) is 17.0 Å². The van der Waals surface area contributed by atoms with E-state index in [1.165, 1.54) is 0 Å². The Labute approximate surface area is 78.9 Å². The molecule has 1 rings (SSSR count). The normalized spacial score (nSPS) is 12.5. The summed E-state index contributed by atoms with van der Waals surface area (Å²) in [6.07, 6.45) is 0. The minimum Gasteiger partial charge on any atom is -0.496 e. The fraction of sp³-hybridized carbons (Fsp3) is 0.400. The van der Waals surface area contributed by atoms with Gasteiger partial charge in [0.05, 0.1) is 7.11 Å². The van der Waals surface area contributed by atoms with Crippen molar-refractivity contribution < 1.29 is 4.74 Å². The van der Waals surface area contributed by atoms with Gasteiger partial charge in [0.25, 0.3) is 0 Å². The number of hydrogen-bond acceptors (Lipinski definition) is 3. The average Bonchev–Trinajstić information content (AvgIpc) is 2.16. The highest BCUT2D eigenvalue weighted by Crippen LogP contribution is 2.29. The van der Waals surface area contributed by atoms with Crippen LogP contribution in [0.2, 0.25) is 0 Å². The van der Waals surface area contributed by atoms with E-state index < -0.39 is 0 Å². The molecule has 0 unspecified atom stereocenters. The summed E-state index contributed by atoms with van der Waals surface area (Å²) in [5.74, 6) is 0.835. The van der Waals surface area contributed by atoms with Crippen molar-refractivity contribution in [3.05, 3.63) is 23.8 Å². The highest BCUT2D eigenvalue weighted by atomic mass is 16.5. The van der Waals surface area contributed by atoms with Gasteiger partial charge in [-0.3, -0.25) is 0 Å². The Morgan fingerprint density at radius 3 is 2.69 bits per heavy atom. The third-order valence-corrected chi connectivity index (χ3v) is 2.19. The third kappa shape index (κ3) is 1.92. The molecule has 0 aliphatic rings. The number of nitrogens with two attached hydrogens (primary N) is 1. The van der Waals surface area contributed by atoms with Crippen LogP contribution in [0.3, 0.4) is 0 Å². The van der Waals surface area contributed by atoms with E-state index in [1.54, 1.807) is 7.11 Å². The summed E-state index contributed by atoms with van der Waals surface area (Å²) in [5.41, 5.74) is 7.64. The molecule has 0 radical (unpaired) electrons. The Bertz CT molecular complexity index is 286. The molecule has 0 fully saturated rings. The molecule has 3 heteroatoms. The summed E-state index contributed by atoms with van der Waals surface area (Å²) in [6.45, 7) is 2.05. The molecule has 0 aliphatic carbocycles. The minimum atomic E-state index is 0.205. The summed E-state index contributed by atoms with van der Waals surface area (Å²) < 4.78 is 5.23. The molecule has 3 nitrogen and oxygen atoms in total. The van der Waals surface area contributed by atoms with Crippen LogP contribution in [0.5, 0.6) is 5.75 Å². The molecule has 0 aliphatic heterocycles. The van der Waals surface area contributed by atoms with E-state index >= 15 is 0 Å². The van der Waals surface area contributed by atoms with E-state index in [-0.39, 0.29) is 6.04 Å². The maximum atomic E-state index is 5.85. The molecule has 0 saturated heterocycles. The molecule has 1 aromatic rings. The van der Waals surface area contributed by atoms with Crippen molar-refractivity contribution in [2.24, 2.45) is 0 Å². The van der Waals surface area contributed by atoms with Crippen LogP contribution < -0.4 is 15.8 Å². The zero-order valence-electron chi connectivity index (χ0n) is 8.29. The topological polar surface area (TPSA) is 47.3 Å². The smallest absolute Gasteiger partial charge is 0.125 e. The van der Waals surface area contributed by atoms with E-state index in [1.807, 2.05) is 32.2 Å². The zero-order valence-corrected chi connectivity index (χ0v) is 8.29. The standard InChI is InChI=1S/C10H16N2O/c1-7(12-2)10-8(11)5-4-6-9(10)13-3/h4-7,12H,11H2,1-3H3/t7-/m1/s1. The number of nitrogens with one attached hydrogen (secondary N) is 1. The lowest BCUT2D eigenvalue weighted by atomic mass is 10.1. The second-order valence-electron chi connectivity index (χ2n) is 2.97. The second kappa shape index (κ2) is 4.14. The van der Waals surface area contributed by atoms with E-state index in [2.05, 4.69) is 5.32 Å². The van der Waals surface area contributed by atoms with Crippen molar-refractivity contribution in [2.75, 3.05) is 19.9 Å². The van der Waals surface area contributed by atoms with Crippen LogP contribution in [-0.2, 0) is 0 Å². The Morgan fingerprint density at radius 2 is 2.15 bits per heavy atom. The molecule has 0 saturated carbocycles. The van der Waals surface area contributed by atoms with Crippen LogP contribution in [0.25, 0.3) is 0 Å². The van der Waals surface area contributed by atoms with Crippen molar-refractivity contribution >= 4 is 5.69 Å². The molecule has 0 heterocycles. The highest BCUT2D eigenvalue weighted by Gasteiger charge is 2.12. The number of rotatable bonds is 3. The number of nitrogen functional groups attached to an aromatic ring is 1. The molecule has 3 N–H and O–H groups in total. The quantitative estimate of drug-likeness (QED) is 0.694. The van der Waals surface area contributed by atoms with Gasteiger partial charge < -0.3 is 15.8 Å². The minimum absolute atomic E-state index is 0.205. The molecule has 1 aromatic carbocycles. The first kappa shape index (κ1) is 9.86. The van der Waals surface area contributed by atoms with Gasteiger partial charge in [-0.25, -0.2) is 0 Å². The largest absolute Gasteiger partial charge is 0.496 e. The number of anilines is 1. The van der Waals surface area contributed by atoms with Crippen molar-refractivity contribution in [1.82, 2.24) is 5.32 Å². The third-order valence-electron chi connectivity index (χ3n) is 2.19. The van der Waals surface area contributed by atoms with Gasteiger partial charge in [0.2, 0.25) is 0 Å². The maximum Gasteiger partial charge on any atom is 0.125 e. The van der Waals surface area contributed by atoms with Gasteiger partial charge in [-0.15, -0.1) is 0 Å². The lowest BCUT2D eigenvalue weighted by molar-refractivity contribution is 0.404. The van der Waals surface area contributed by atoms with Gasteiger partial charge in [0.15, 0.2) is 0 Å². The number of hydrogen-bond donors (Lipinski definition) is 2. The first-order valence-electron chi connectivity index (χ1n) is 4.30. The zero-order chi connectivity index (χ0) is 9.84. The molecule has 0 spiro atoms. The fourth-order valence-electron chi connectivity index (χ4n) is 1.35. The molecule has 0 aromatic heterocycles. The monoisotopic (exact) mass is 180 g/mol. The van der Waals surface area contributed by atoms with Crippen LogP contribution in [0, 0.1) is 0 Å². The molecule has 1 atom stereocenters. The Morgan fingerprint density at radius 1 is 1.46 bits per heavy atom. The Hall–Kier alpha value is -1.22. The van der Waals surface area contributed by atoms with Gasteiger partial charge in [-0.2, -0.15) is 0 Å². The second-order valence-corrected chi connectivity index (χ2v) is 2.97. The highest BCUT2D eigenvalue weighted by molar-refractivity contribution is 5.55. The predicted octanol–water partition coefficient (Wildman–Crippen LogP) is 1.56. The van der Waals surface area contributed by atoms with Crippen LogP contribution in [-0.4, -0.2) is 14.2 Å². The lowest BCUT2D eigenvalue weighted by Gasteiger charge is -2.16. The first-order chi connectivity index (χ1) is 6.20. The summed E-state index contributed by atoms with van der Waals surface area (Å²) in [4.78, 5) is 0. The van der Waals surface area contributed by atoms with Crippen molar-refractivity contribution in [3.63, 3.8) is 0 Å². The molecular weight excluding hydrogens is 164 g/mol. The van der Waals surface area contributed by atoms with Crippen molar-refractivity contribution in [1.29, 1.82) is 0 Å². The summed E-state index contributed by atoms with van der Waals surface area (Å²) in [7, 11) is 3.55. The number of ether oxygens (including phenoxy) is 1. The Balaban J connectivity index is 3.14. The van der Waals surface area contributed by atoms with E-state index in [0.29, 0.717) is 0 Å². The predicted molar refractivity (Wildman–Crippen MR) is 54.9 cm³/mol. The molecule has 0 bridgehead atoms. The van der Waals surface area contributed by atoms with Crippen molar-refractivity contribution in [2.45, 2.75) is 13.0 Å². The van der Waals surface area contributed by atoms with Gasteiger partial charge in [0, 0.05) is 17.3 Å². The van der Waals surface area contributed by atoms with E-state index in [4.69, 9.17) is 10.5 Å². The van der Waals surface area contributed by atoms with Crippen LogP contribution in [0.15, 0.2) is 18.2 Å². The SMILES string of the molecule is CN[C@H](C)c1c(N)cccc1OC.